The second kappa shape index (κ2) is 7.22. The molecule has 0 radical (unpaired) electrons. The van der Waals surface area contributed by atoms with Crippen molar-refractivity contribution >= 4 is 0 Å². The van der Waals surface area contributed by atoms with E-state index in [1.54, 1.807) is 13.8 Å². The Bertz CT molecular complexity index is 784. The molecule has 10 atom stereocenters. The fourth-order valence-electron chi connectivity index (χ4n) is 11.3. The van der Waals surface area contributed by atoms with E-state index in [4.69, 9.17) is 0 Å². The van der Waals surface area contributed by atoms with E-state index in [9.17, 15) is 15.3 Å². The maximum Gasteiger partial charge on any atom is 0.0849 e. The Labute approximate surface area is 203 Å². The van der Waals surface area contributed by atoms with Crippen molar-refractivity contribution in [2.75, 3.05) is 0 Å². The van der Waals surface area contributed by atoms with E-state index in [1.807, 2.05) is 0 Å². The fraction of sp³-hybridized carbons (Fsp3) is 1.00. The Kier molecular flexibility index (Phi) is 5.38. The molecule has 5 aliphatic rings. The van der Waals surface area contributed by atoms with E-state index >= 15 is 0 Å². The number of hydrogen-bond donors (Lipinski definition) is 3. The van der Waals surface area contributed by atoms with E-state index in [-0.39, 0.29) is 11.5 Å². The quantitative estimate of drug-likeness (QED) is 0.449. The number of rotatable bonds is 5. The molecule has 2 spiro atoms. The third-order valence-electron chi connectivity index (χ3n) is 13.6. The van der Waals surface area contributed by atoms with Gasteiger partial charge in [-0.3, -0.25) is 0 Å². The van der Waals surface area contributed by atoms with Crippen molar-refractivity contribution in [3.8, 4) is 0 Å². The van der Waals surface area contributed by atoms with Gasteiger partial charge in [0, 0.05) is 0 Å². The Morgan fingerprint density at radius 1 is 0.818 bits per heavy atom. The van der Waals surface area contributed by atoms with Crippen LogP contribution in [-0.4, -0.2) is 33.1 Å². The van der Waals surface area contributed by atoms with Crippen molar-refractivity contribution in [3.63, 3.8) is 0 Å². The molecule has 5 rings (SSSR count). The molecule has 3 nitrogen and oxygen atoms in total. The SMILES string of the molecule is C[C@H](CC[C@@H](O)C(C)(C)O)[C@H]1CC[C@@]2(C)[C@@H]3CC[C@H]4C(C)(C)[C@@H](O)CC[C@@]45C[C@@]35CC[C@]12C. The summed E-state index contributed by atoms with van der Waals surface area (Å²) in [7, 11) is 0. The van der Waals surface area contributed by atoms with E-state index in [0.717, 1.165) is 24.7 Å². The molecule has 5 fully saturated rings. The fourth-order valence-corrected chi connectivity index (χ4v) is 11.3. The van der Waals surface area contributed by atoms with Gasteiger partial charge >= 0.3 is 0 Å². The molecule has 0 aromatic heterocycles. The highest BCUT2D eigenvalue weighted by Crippen LogP contribution is 2.89. The third kappa shape index (κ3) is 3.03. The molecule has 190 valence electrons. The summed E-state index contributed by atoms with van der Waals surface area (Å²) in [6, 6.07) is 0. The van der Waals surface area contributed by atoms with Crippen LogP contribution < -0.4 is 0 Å². The van der Waals surface area contributed by atoms with Crippen LogP contribution in [0.4, 0.5) is 0 Å². The standard InChI is InChI=1S/C30H52O3/c1-19(8-11-24(32)26(4,5)33)20-12-14-28(7)22-10-9-21-25(2,3)23(31)13-15-29(21)18-30(22,29)17-16-27(20,28)6/h19-24,31-33H,8-18H2,1-7H3/t19-,20-,21+,22+,23+,24-,27-,28+,29-,30+/m1/s1. The topological polar surface area (TPSA) is 60.7 Å². The van der Waals surface area contributed by atoms with Crippen LogP contribution in [0.15, 0.2) is 0 Å². The molecule has 0 amide bonds. The summed E-state index contributed by atoms with van der Waals surface area (Å²) in [5.74, 6) is 2.88. The Hall–Kier alpha value is -0.120. The summed E-state index contributed by atoms with van der Waals surface area (Å²) in [5.41, 5.74) is 0.949. The highest BCUT2D eigenvalue weighted by Gasteiger charge is 2.82. The molecular formula is C30H52O3. The second-order valence-electron chi connectivity index (χ2n) is 15.3. The largest absolute Gasteiger partial charge is 0.393 e. The van der Waals surface area contributed by atoms with E-state index < -0.39 is 11.7 Å². The Morgan fingerprint density at radius 3 is 2.12 bits per heavy atom. The van der Waals surface area contributed by atoms with Crippen LogP contribution in [0.25, 0.3) is 0 Å². The predicted molar refractivity (Wildman–Crippen MR) is 134 cm³/mol. The van der Waals surface area contributed by atoms with Gasteiger partial charge in [0.15, 0.2) is 0 Å². The summed E-state index contributed by atoms with van der Waals surface area (Å²) in [5, 5.41) is 31.5. The minimum Gasteiger partial charge on any atom is -0.393 e. The molecule has 3 N–H and O–H groups in total. The van der Waals surface area contributed by atoms with Crippen molar-refractivity contribution in [2.45, 2.75) is 137 Å². The number of hydrogen-bond acceptors (Lipinski definition) is 3. The third-order valence-corrected chi connectivity index (χ3v) is 13.6. The molecule has 5 aliphatic carbocycles. The van der Waals surface area contributed by atoms with Gasteiger partial charge in [-0.05, 0) is 135 Å². The van der Waals surface area contributed by atoms with E-state index in [0.29, 0.717) is 39.9 Å². The smallest absolute Gasteiger partial charge is 0.0849 e. The van der Waals surface area contributed by atoms with Crippen LogP contribution in [0.1, 0.15) is 119 Å². The van der Waals surface area contributed by atoms with Gasteiger partial charge in [-0.25, -0.2) is 0 Å². The normalized spacial score (nSPS) is 52.2. The summed E-state index contributed by atoms with van der Waals surface area (Å²) in [4.78, 5) is 0. The van der Waals surface area contributed by atoms with Crippen molar-refractivity contribution in [3.05, 3.63) is 0 Å². The monoisotopic (exact) mass is 460 g/mol. The maximum atomic E-state index is 10.8. The molecule has 5 saturated carbocycles. The van der Waals surface area contributed by atoms with Crippen LogP contribution in [-0.2, 0) is 0 Å². The molecule has 0 bridgehead atoms. The zero-order chi connectivity index (χ0) is 24.2. The first-order valence-electron chi connectivity index (χ1n) is 14.2. The van der Waals surface area contributed by atoms with E-state index in [2.05, 4.69) is 34.6 Å². The zero-order valence-electron chi connectivity index (χ0n) is 22.6. The molecule has 0 saturated heterocycles. The lowest BCUT2D eigenvalue weighted by molar-refractivity contribution is -0.161. The zero-order valence-corrected chi connectivity index (χ0v) is 22.6. The molecule has 33 heavy (non-hydrogen) atoms. The predicted octanol–water partition coefficient (Wildman–Crippen LogP) is 6.33. The molecular weight excluding hydrogens is 408 g/mol. The Morgan fingerprint density at radius 2 is 1.45 bits per heavy atom. The summed E-state index contributed by atoms with van der Waals surface area (Å²) >= 11 is 0. The van der Waals surface area contributed by atoms with Gasteiger partial charge < -0.3 is 15.3 Å². The number of fused-ring (bicyclic) bond motifs is 2. The first-order chi connectivity index (χ1) is 15.2. The van der Waals surface area contributed by atoms with Crippen LogP contribution in [0.5, 0.6) is 0 Å². The van der Waals surface area contributed by atoms with Gasteiger partial charge in [-0.15, -0.1) is 0 Å². The highest BCUT2D eigenvalue weighted by molar-refractivity contribution is 5.30. The first-order valence-corrected chi connectivity index (χ1v) is 14.2. The van der Waals surface area contributed by atoms with Gasteiger partial charge in [-0.2, -0.15) is 0 Å². The highest BCUT2D eigenvalue weighted by atomic mass is 16.3. The second-order valence-corrected chi connectivity index (χ2v) is 15.3. The van der Waals surface area contributed by atoms with Gasteiger partial charge in [0.25, 0.3) is 0 Å². The van der Waals surface area contributed by atoms with Crippen molar-refractivity contribution in [1.29, 1.82) is 0 Å². The summed E-state index contributed by atoms with van der Waals surface area (Å²) in [6.45, 7) is 15.9. The molecule has 0 aliphatic heterocycles. The van der Waals surface area contributed by atoms with Gasteiger partial charge in [0.05, 0.1) is 17.8 Å². The Balaban J connectivity index is 1.37. The molecule has 3 heteroatoms. The summed E-state index contributed by atoms with van der Waals surface area (Å²) in [6.07, 6.45) is 12.8. The lowest BCUT2D eigenvalue weighted by Gasteiger charge is -2.63. The van der Waals surface area contributed by atoms with Crippen LogP contribution in [0.2, 0.25) is 0 Å². The molecule has 0 aromatic carbocycles. The maximum absolute atomic E-state index is 10.8. The van der Waals surface area contributed by atoms with Crippen molar-refractivity contribution < 1.29 is 15.3 Å². The van der Waals surface area contributed by atoms with Crippen molar-refractivity contribution in [1.82, 2.24) is 0 Å². The van der Waals surface area contributed by atoms with Gasteiger partial charge in [0.1, 0.15) is 0 Å². The average Bonchev–Trinajstić information content (AvgIpc) is 3.31. The first kappa shape index (κ1) is 24.6. The van der Waals surface area contributed by atoms with Gasteiger partial charge in [-0.1, -0.05) is 34.6 Å². The van der Waals surface area contributed by atoms with E-state index in [1.165, 1.54) is 51.4 Å². The van der Waals surface area contributed by atoms with Gasteiger partial charge in [0.2, 0.25) is 0 Å². The number of aliphatic hydroxyl groups excluding tert-OH is 2. The molecule has 0 heterocycles. The van der Waals surface area contributed by atoms with Crippen molar-refractivity contribution in [2.24, 2.45) is 50.7 Å². The summed E-state index contributed by atoms with van der Waals surface area (Å²) < 4.78 is 0. The minimum absolute atomic E-state index is 0.0718. The van der Waals surface area contributed by atoms with Crippen LogP contribution >= 0.6 is 0 Å². The van der Waals surface area contributed by atoms with Crippen LogP contribution in [0.3, 0.4) is 0 Å². The average molecular weight is 461 g/mol. The number of aliphatic hydroxyl groups is 3. The molecule has 0 unspecified atom stereocenters. The molecule has 0 aromatic rings. The van der Waals surface area contributed by atoms with Crippen LogP contribution in [0, 0.1) is 50.7 Å². The lowest BCUT2D eigenvalue weighted by Crippen LogP contribution is -2.57. The lowest BCUT2D eigenvalue weighted by atomic mass is 9.41. The minimum atomic E-state index is -1.01.